The number of benzene rings is 2. The van der Waals surface area contributed by atoms with E-state index in [4.69, 9.17) is 10.9 Å². The van der Waals surface area contributed by atoms with Crippen molar-refractivity contribution >= 4 is 52.6 Å². The summed E-state index contributed by atoms with van der Waals surface area (Å²) in [7, 11) is -0.289. The van der Waals surface area contributed by atoms with Crippen molar-refractivity contribution in [3.8, 4) is 12.3 Å². The van der Waals surface area contributed by atoms with Crippen molar-refractivity contribution in [3.05, 3.63) is 65.2 Å². The summed E-state index contributed by atoms with van der Waals surface area (Å²) < 4.78 is 16.9. The molecule has 0 heterocycles. The average Bonchev–Trinajstić information content (AvgIpc) is 3.04. The molecule has 0 radical (unpaired) electrons. The van der Waals surface area contributed by atoms with E-state index in [-0.39, 0.29) is 42.4 Å². The number of nitrogens with one attached hydrogen (secondary N) is 2. The lowest BCUT2D eigenvalue weighted by Gasteiger charge is -2.25. The van der Waals surface area contributed by atoms with Crippen molar-refractivity contribution < 1.29 is 28.4 Å². The zero-order valence-electron chi connectivity index (χ0n) is 28.0. The minimum atomic E-state index is -3.50. The molecule has 9 nitrogen and oxygen atoms in total. The highest BCUT2D eigenvalue weighted by atomic mass is 33.1. The number of amides is 3. The molecule has 2 aromatic rings. The molecule has 0 aliphatic carbocycles. The monoisotopic (exact) mass is 703 g/mol. The maximum atomic E-state index is 13.4. The highest BCUT2D eigenvalue weighted by molar-refractivity contribution is 8.76. The Balaban J connectivity index is 1.62. The summed E-state index contributed by atoms with van der Waals surface area (Å²) in [5.41, 5.74) is 2.96. The molecule has 0 saturated heterocycles. The fraction of sp³-hybridized carbons (Fsp3) is 0.514. The van der Waals surface area contributed by atoms with Crippen molar-refractivity contribution in [3.63, 3.8) is 0 Å². The van der Waals surface area contributed by atoms with Gasteiger partial charge in [-0.2, -0.15) is 0 Å². The van der Waals surface area contributed by atoms with E-state index in [1.54, 1.807) is 46.4 Å². The first-order valence-corrected chi connectivity index (χ1v) is 20.2. The highest BCUT2D eigenvalue weighted by Gasteiger charge is 2.24. The number of aryl methyl sites for hydroxylation is 1. The van der Waals surface area contributed by atoms with Crippen LogP contribution in [0.4, 0.5) is 5.69 Å². The minimum absolute atomic E-state index is 0.00592. The van der Waals surface area contributed by atoms with Gasteiger partial charge in [0.05, 0.1) is 24.5 Å². The third kappa shape index (κ3) is 15.8. The summed E-state index contributed by atoms with van der Waals surface area (Å²) in [6, 6.07) is 15.2. The Morgan fingerprint density at radius 1 is 0.957 bits per heavy atom. The van der Waals surface area contributed by atoms with Crippen LogP contribution in [0.3, 0.4) is 0 Å². The van der Waals surface area contributed by atoms with Gasteiger partial charge in [-0.1, -0.05) is 97.5 Å². The molecule has 0 aromatic heterocycles. The Labute approximate surface area is 288 Å². The van der Waals surface area contributed by atoms with Crippen molar-refractivity contribution in [2.24, 2.45) is 0 Å². The number of nitrogens with zero attached hydrogens (tertiary/aromatic N) is 1. The molecule has 2 aromatic carbocycles. The van der Waals surface area contributed by atoms with E-state index in [2.05, 4.69) is 16.6 Å². The minimum Gasteiger partial charge on any atom is -0.356 e. The predicted octanol–water partition coefficient (Wildman–Crippen LogP) is 6.85. The Bertz CT molecular complexity index is 1380. The van der Waals surface area contributed by atoms with Gasteiger partial charge in [0, 0.05) is 48.9 Å². The molecule has 2 rings (SSSR count). The van der Waals surface area contributed by atoms with Gasteiger partial charge >= 0.3 is 7.60 Å². The van der Waals surface area contributed by atoms with Gasteiger partial charge in [-0.15, -0.1) is 6.42 Å². The second-order valence-electron chi connectivity index (χ2n) is 11.6. The van der Waals surface area contributed by atoms with Gasteiger partial charge in [-0.25, -0.2) is 0 Å². The number of anilines is 1. The van der Waals surface area contributed by atoms with Crippen LogP contribution in [0.1, 0.15) is 82.4 Å². The molecule has 12 heteroatoms. The third-order valence-corrected chi connectivity index (χ3v) is 12.1. The normalized spacial score (nSPS) is 13.0. The molecule has 258 valence electrons. The zero-order chi connectivity index (χ0) is 34.7. The summed E-state index contributed by atoms with van der Waals surface area (Å²) in [4.78, 5) is 49.5. The number of rotatable bonds is 22. The molecule has 2 atom stereocenters. The topological polar surface area (TPSA) is 125 Å². The first-order valence-electron chi connectivity index (χ1n) is 16.1. The number of para-hydroxylation sites is 1. The molecule has 3 N–H and O–H groups in total. The molecule has 2 unspecified atom stereocenters. The van der Waals surface area contributed by atoms with E-state index in [0.717, 1.165) is 30.4 Å². The van der Waals surface area contributed by atoms with Crippen LogP contribution in [0.5, 0.6) is 0 Å². The van der Waals surface area contributed by atoms with Gasteiger partial charge in [0.25, 0.3) is 0 Å². The fourth-order valence-corrected chi connectivity index (χ4v) is 7.32. The summed E-state index contributed by atoms with van der Waals surface area (Å²) >= 11 is 0. The molecule has 0 aliphatic rings. The number of carbonyl (C=O) groups is 3. The van der Waals surface area contributed by atoms with E-state index >= 15 is 0 Å². The van der Waals surface area contributed by atoms with Crippen LogP contribution >= 0.6 is 29.2 Å². The van der Waals surface area contributed by atoms with Crippen molar-refractivity contribution in [2.75, 3.05) is 30.3 Å². The predicted molar refractivity (Wildman–Crippen MR) is 196 cm³/mol. The quantitative estimate of drug-likeness (QED) is 0.0527. The van der Waals surface area contributed by atoms with Crippen molar-refractivity contribution in [2.45, 2.75) is 90.1 Å². The molecular formula is C35H50N3O6PS2. The number of carbonyl (C=O) groups excluding carboxylic acids is 3. The smallest absolute Gasteiger partial charge is 0.330 e. The Morgan fingerprint density at radius 2 is 1.64 bits per heavy atom. The average molecular weight is 704 g/mol. The van der Waals surface area contributed by atoms with Crippen LogP contribution in [0, 0.1) is 19.3 Å². The number of terminal acetylenes is 1. The summed E-state index contributed by atoms with van der Waals surface area (Å²) in [6.07, 6.45) is 9.60. The third-order valence-electron chi connectivity index (χ3n) is 7.34. The first kappa shape index (κ1) is 40.4. The van der Waals surface area contributed by atoms with Crippen LogP contribution in [-0.4, -0.2) is 59.0 Å². The van der Waals surface area contributed by atoms with Crippen LogP contribution < -0.4 is 15.5 Å². The Kier molecular flexibility index (Phi) is 18.9. The molecular weight excluding hydrogens is 654 g/mol. The maximum Gasteiger partial charge on any atom is 0.330 e. The highest BCUT2D eigenvalue weighted by Crippen LogP contribution is 2.47. The van der Waals surface area contributed by atoms with Crippen LogP contribution in [0.25, 0.3) is 0 Å². The summed E-state index contributed by atoms with van der Waals surface area (Å²) in [6.45, 7) is 9.04. The second kappa shape index (κ2) is 22.0. The summed E-state index contributed by atoms with van der Waals surface area (Å²) in [5.74, 6) is 2.99. The standard InChI is InChI=1S/C35H50N3O6PS2/c1-6-30-16-11-12-18-32(30)38(26-31-17-10-9-15-28(31)4)35(41)20-19-33(39)37-22-24-46-47-29(5)25-34(40)36-21-13-7-8-14-23-44-45(42,43)27(2)3/h1,9-12,15-18,27,29H,7-8,13-14,19-26H2,2-5H3,(H,36,40)(H,37,39)(H,42,43). The SMILES string of the molecule is C#Cc1ccccc1N(Cc1ccccc1C)C(=O)CCC(=O)NCCSSC(C)CC(=O)NCCCCCCOP(=O)(O)C(C)C. The Morgan fingerprint density at radius 3 is 2.36 bits per heavy atom. The van der Waals surface area contributed by atoms with Crippen LogP contribution in [0.2, 0.25) is 0 Å². The van der Waals surface area contributed by atoms with E-state index in [1.165, 1.54) is 0 Å². The zero-order valence-corrected chi connectivity index (χ0v) is 30.6. The molecule has 3 amide bonds. The van der Waals surface area contributed by atoms with Crippen molar-refractivity contribution in [1.29, 1.82) is 0 Å². The number of hydrogen-bond acceptors (Lipinski definition) is 7. The van der Waals surface area contributed by atoms with Gasteiger partial charge in [0.15, 0.2) is 0 Å². The van der Waals surface area contributed by atoms with Crippen molar-refractivity contribution in [1.82, 2.24) is 10.6 Å². The lowest BCUT2D eigenvalue weighted by Crippen LogP contribution is -2.33. The molecule has 0 spiro atoms. The van der Waals surface area contributed by atoms with E-state index < -0.39 is 13.3 Å². The lowest BCUT2D eigenvalue weighted by molar-refractivity contribution is -0.125. The first-order chi connectivity index (χ1) is 22.4. The van der Waals surface area contributed by atoms with Gasteiger partial charge < -0.3 is 25.0 Å². The van der Waals surface area contributed by atoms with Gasteiger partial charge in [-0.3, -0.25) is 18.9 Å². The number of hydrogen-bond donors (Lipinski definition) is 3. The van der Waals surface area contributed by atoms with E-state index in [9.17, 15) is 23.8 Å². The van der Waals surface area contributed by atoms with Gasteiger partial charge in [0.1, 0.15) is 0 Å². The molecule has 0 bridgehead atoms. The van der Waals surface area contributed by atoms with Crippen LogP contribution in [0.15, 0.2) is 48.5 Å². The Hall–Kier alpha value is -2.74. The molecule has 0 saturated carbocycles. The molecule has 0 fully saturated rings. The lowest BCUT2D eigenvalue weighted by atomic mass is 10.1. The van der Waals surface area contributed by atoms with E-state index in [1.807, 2.05) is 56.3 Å². The van der Waals surface area contributed by atoms with Crippen LogP contribution in [-0.2, 0) is 30.0 Å². The maximum absolute atomic E-state index is 13.4. The van der Waals surface area contributed by atoms with E-state index in [0.29, 0.717) is 49.5 Å². The second-order valence-corrected chi connectivity index (χ2v) is 17.0. The van der Waals surface area contributed by atoms with Gasteiger partial charge in [0.2, 0.25) is 17.7 Å². The van der Waals surface area contributed by atoms with Gasteiger partial charge in [-0.05, 0) is 43.0 Å². The molecule has 0 aliphatic heterocycles. The summed E-state index contributed by atoms with van der Waals surface area (Å²) in [5, 5.41) is 5.95. The number of unbranched alkanes of at least 4 members (excludes halogenated alkanes) is 3. The fourth-order valence-electron chi connectivity index (χ4n) is 4.46. The molecule has 47 heavy (non-hydrogen) atoms. The largest absolute Gasteiger partial charge is 0.356 e.